The Morgan fingerprint density at radius 3 is 2.55 bits per heavy atom. The normalized spacial score (nSPS) is 10.4. The van der Waals surface area contributed by atoms with Gasteiger partial charge in [0, 0.05) is 16.3 Å². The van der Waals surface area contributed by atoms with E-state index in [1.807, 2.05) is 18.2 Å². The lowest BCUT2D eigenvalue weighted by molar-refractivity contribution is 0.102. The number of para-hydroxylation sites is 1. The first-order chi connectivity index (χ1) is 9.74. The number of carbonyl (C=O) groups is 1. The summed E-state index contributed by atoms with van der Waals surface area (Å²) >= 11 is 6.02. The molecule has 0 unspecified atom stereocenters. The van der Waals surface area contributed by atoms with Gasteiger partial charge in [0.15, 0.2) is 0 Å². The van der Waals surface area contributed by atoms with E-state index in [4.69, 9.17) is 11.6 Å². The molecular formula is C15H10ClN3O. The molecule has 0 aliphatic rings. The van der Waals surface area contributed by atoms with Gasteiger partial charge in [-0.2, -0.15) is 10.2 Å². The molecule has 0 aliphatic carbocycles. The fourth-order valence-electron chi connectivity index (χ4n) is 1.89. The van der Waals surface area contributed by atoms with E-state index in [0.717, 1.165) is 10.8 Å². The largest absolute Gasteiger partial charge is 0.321 e. The second kappa shape index (κ2) is 5.27. The van der Waals surface area contributed by atoms with Crippen LogP contribution in [0, 0.1) is 0 Å². The molecule has 0 spiro atoms. The second-order valence-corrected chi connectivity index (χ2v) is 4.67. The highest BCUT2D eigenvalue weighted by Crippen LogP contribution is 2.22. The van der Waals surface area contributed by atoms with Crippen molar-refractivity contribution in [3.8, 4) is 0 Å². The standard InChI is InChI=1S/C15H10ClN3O/c16-13-3-1-2-4-14(13)19-15(20)10-5-6-11-8-17-18-9-12(11)7-10/h1-9H,(H,19,20). The van der Waals surface area contributed by atoms with Crippen LogP contribution >= 0.6 is 11.6 Å². The number of nitrogens with one attached hydrogen (secondary N) is 1. The molecule has 5 heteroatoms. The predicted octanol–water partition coefficient (Wildman–Crippen LogP) is 3.54. The molecular weight excluding hydrogens is 274 g/mol. The summed E-state index contributed by atoms with van der Waals surface area (Å²) in [5, 5.41) is 12.7. The van der Waals surface area contributed by atoms with E-state index >= 15 is 0 Å². The first-order valence-corrected chi connectivity index (χ1v) is 6.38. The average molecular weight is 284 g/mol. The molecule has 1 amide bonds. The molecule has 0 radical (unpaired) electrons. The van der Waals surface area contributed by atoms with Crippen LogP contribution in [-0.2, 0) is 0 Å². The van der Waals surface area contributed by atoms with Crippen LogP contribution in [0.4, 0.5) is 5.69 Å². The predicted molar refractivity (Wildman–Crippen MR) is 78.9 cm³/mol. The summed E-state index contributed by atoms with van der Waals surface area (Å²) < 4.78 is 0. The maximum absolute atomic E-state index is 12.2. The van der Waals surface area contributed by atoms with E-state index in [-0.39, 0.29) is 5.91 Å². The lowest BCUT2D eigenvalue weighted by atomic mass is 10.1. The molecule has 2 aromatic carbocycles. The van der Waals surface area contributed by atoms with Crippen molar-refractivity contribution in [2.24, 2.45) is 0 Å². The lowest BCUT2D eigenvalue weighted by Gasteiger charge is -2.07. The summed E-state index contributed by atoms with van der Waals surface area (Å²) in [4.78, 5) is 12.2. The Balaban J connectivity index is 1.91. The number of amides is 1. The molecule has 0 saturated carbocycles. The zero-order chi connectivity index (χ0) is 13.9. The zero-order valence-corrected chi connectivity index (χ0v) is 11.1. The number of hydrogen-bond donors (Lipinski definition) is 1. The fraction of sp³-hybridized carbons (Fsp3) is 0. The smallest absolute Gasteiger partial charge is 0.255 e. The van der Waals surface area contributed by atoms with Gasteiger partial charge in [-0.25, -0.2) is 0 Å². The van der Waals surface area contributed by atoms with Crippen molar-refractivity contribution in [2.45, 2.75) is 0 Å². The van der Waals surface area contributed by atoms with Crippen molar-refractivity contribution >= 4 is 34.0 Å². The second-order valence-electron chi connectivity index (χ2n) is 4.27. The molecule has 0 saturated heterocycles. The highest BCUT2D eigenvalue weighted by atomic mass is 35.5. The van der Waals surface area contributed by atoms with Gasteiger partial charge in [-0.05, 0) is 24.3 Å². The quantitative estimate of drug-likeness (QED) is 0.783. The molecule has 20 heavy (non-hydrogen) atoms. The van der Waals surface area contributed by atoms with Gasteiger partial charge in [-0.3, -0.25) is 4.79 Å². The molecule has 0 bridgehead atoms. The van der Waals surface area contributed by atoms with Crippen LogP contribution in [0.25, 0.3) is 10.8 Å². The number of anilines is 1. The number of hydrogen-bond acceptors (Lipinski definition) is 3. The van der Waals surface area contributed by atoms with Gasteiger partial charge in [0.1, 0.15) is 0 Å². The number of fused-ring (bicyclic) bond motifs is 1. The fourth-order valence-corrected chi connectivity index (χ4v) is 2.08. The maximum Gasteiger partial charge on any atom is 0.255 e. The minimum Gasteiger partial charge on any atom is -0.321 e. The van der Waals surface area contributed by atoms with E-state index in [2.05, 4.69) is 15.5 Å². The minimum absolute atomic E-state index is 0.211. The molecule has 1 N–H and O–H groups in total. The summed E-state index contributed by atoms with van der Waals surface area (Å²) in [5.74, 6) is -0.211. The topological polar surface area (TPSA) is 54.9 Å². The monoisotopic (exact) mass is 283 g/mol. The third-order valence-corrected chi connectivity index (χ3v) is 3.26. The van der Waals surface area contributed by atoms with Crippen molar-refractivity contribution in [3.05, 3.63) is 65.4 Å². The van der Waals surface area contributed by atoms with Crippen LogP contribution in [0.1, 0.15) is 10.4 Å². The van der Waals surface area contributed by atoms with Crippen molar-refractivity contribution in [2.75, 3.05) is 5.32 Å². The molecule has 98 valence electrons. The van der Waals surface area contributed by atoms with Crippen LogP contribution in [0.2, 0.25) is 5.02 Å². The highest BCUT2D eigenvalue weighted by Gasteiger charge is 2.08. The van der Waals surface area contributed by atoms with Gasteiger partial charge in [0.25, 0.3) is 5.91 Å². The first-order valence-electron chi connectivity index (χ1n) is 6.00. The number of carbonyl (C=O) groups excluding carboxylic acids is 1. The van der Waals surface area contributed by atoms with Crippen molar-refractivity contribution in [1.29, 1.82) is 0 Å². The maximum atomic E-state index is 12.2. The Labute approximate surface area is 120 Å². The molecule has 1 aromatic heterocycles. The Kier molecular flexibility index (Phi) is 3.31. The number of nitrogens with zero attached hydrogens (tertiary/aromatic N) is 2. The Bertz CT molecular complexity index is 789. The zero-order valence-electron chi connectivity index (χ0n) is 10.4. The molecule has 1 heterocycles. The molecule has 0 aliphatic heterocycles. The average Bonchev–Trinajstić information content (AvgIpc) is 2.49. The van der Waals surface area contributed by atoms with Crippen LogP contribution in [-0.4, -0.2) is 16.1 Å². The summed E-state index contributed by atoms with van der Waals surface area (Å²) in [6, 6.07) is 12.5. The van der Waals surface area contributed by atoms with Crippen LogP contribution in [0.3, 0.4) is 0 Å². The highest BCUT2D eigenvalue weighted by molar-refractivity contribution is 6.33. The summed E-state index contributed by atoms with van der Waals surface area (Å²) in [6.07, 6.45) is 3.28. The molecule has 0 fully saturated rings. The number of rotatable bonds is 2. The van der Waals surface area contributed by atoms with E-state index in [0.29, 0.717) is 16.3 Å². The third kappa shape index (κ3) is 2.46. The SMILES string of the molecule is O=C(Nc1ccccc1Cl)c1ccc2cnncc2c1. The van der Waals surface area contributed by atoms with E-state index in [9.17, 15) is 4.79 Å². The summed E-state index contributed by atoms with van der Waals surface area (Å²) in [6.45, 7) is 0. The van der Waals surface area contributed by atoms with E-state index in [1.165, 1.54) is 0 Å². The Hall–Kier alpha value is -2.46. The van der Waals surface area contributed by atoms with E-state index in [1.54, 1.807) is 36.7 Å². The summed E-state index contributed by atoms with van der Waals surface area (Å²) in [5.41, 5.74) is 1.14. The third-order valence-electron chi connectivity index (χ3n) is 2.93. The van der Waals surface area contributed by atoms with Crippen molar-refractivity contribution in [1.82, 2.24) is 10.2 Å². The number of benzene rings is 2. The lowest BCUT2D eigenvalue weighted by Crippen LogP contribution is -2.12. The molecule has 3 aromatic rings. The summed E-state index contributed by atoms with van der Waals surface area (Å²) in [7, 11) is 0. The van der Waals surface area contributed by atoms with E-state index < -0.39 is 0 Å². The molecule has 3 rings (SSSR count). The van der Waals surface area contributed by atoms with Gasteiger partial charge in [-0.15, -0.1) is 0 Å². The van der Waals surface area contributed by atoms with Gasteiger partial charge < -0.3 is 5.32 Å². The Morgan fingerprint density at radius 1 is 1.00 bits per heavy atom. The number of halogens is 1. The molecule has 4 nitrogen and oxygen atoms in total. The van der Waals surface area contributed by atoms with Crippen LogP contribution in [0.5, 0.6) is 0 Å². The Morgan fingerprint density at radius 2 is 1.75 bits per heavy atom. The van der Waals surface area contributed by atoms with Crippen LogP contribution < -0.4 is 5.32 Å². The van der Waals surface area contributed by atoms with Gasteiger partial charge in [-0.1, -0.05) is 29.8 Å². The molecule has 0 atom stereocenters. The number of aromatic nitrogens is 2. The van der Waals surface area contributed by atoms with Gasteiger partial charge >= 0.3 is 0 Å². The minimum atomic E-state index is -0.211. The van der Waals surface area contributed by atoms with Crippen LogP contribution in [0.15, 0.2) is 54.9 Å². The van der Waals surface area contributed by atoms with Gasteiger partial charge in [0.05, 0.1) is 23.1 Å². The van der Waals surface area contributed by atoms with Crippen molar-refractivity contribution < 1.29 is 4.79 Å². The van der Waals surface area contributed by atoms with Crippen molar-refractivity contribution in [3.63, 3.8) is 0 Å². The first kappa shape index (κ1) is 12.6. The van der Waals surface area contributed by atoms with Gasteiger partial charge in [0.2, 0.25) is 0 Å².